The van der Waals surface area contributed by atoms with E-state index in [4.69, 9.17) is 0 Å². The van der Waals surface area contributed by atoms with E-state index in [1.807, 2.05) is 78.9 Å². The van der Waals surface area contributed by atoms with Gasteiger partial charge in [-0.3, -0.25) is 9.59 Å². The molecule has 1 spiro atoms. The van der Waals surface area contributed by atoms with Crippen LogP contribution in [0.1, 0.15) is 27.0 Å². The number of nitrogens with one attached hydrogen (secondary N) is 2. The number of ketones is 1. The third-order valence-electron chi connectivity index (χ3n) is 6.78. The van der Waals surface area contributed by atoms with Crippen LogP contribution in [0.4, 0.5) is 11.4 Å². The van der Waals surface area contributed by atoms with E-state index in [1.54, 1.807) is 0 Å². The molecule has 4 heteroatoms. The highest BCUT2D eigenvalue weighted by atomic mass is 16.2. The lowest BCUT2D eigenvalue weighted by atomic mass is 9.65. The SMILES string of the molecule is O=C1C2=C(Nc3ccc4ccccc4c3C23C(=O)Nc2ccccc23)c2ccccc21. The summed E-state index contributed by atoms with van der Waals surface area (Å²) < 4.78 is 0. The second-order valence-corrected chi connectivity index (χ2v) is 8.21. The number of Topliss-reactive ketones (excluding diaryl/α,β-unsaturated/α-hetero) is 1. The molecule has 0 bridgehead atoms. The van der Waals surface area contributed by atoms with Gasteiger partial charge in [-0.15, -0.1) is 0 Å². The van der Waals surface area contributed by atoms with Crippen LogP contribution in [0.15, 0.2) is 90.5 Å². The summed E-state index contributed by atoms with van der Waals surface area (Å²) in [5, 5.41) is 8.59. The Morgan fingerprint density at radius 3 is 2.29 bits per heavy atom. The van der Waals surface area contributed by atoms with Crippen molar-refractivity contribution in [2.75, 3.05) is 10.6 Å². The van der Waals surface area contributed by atoms with Crippen LogP contribution in [0, 0.1) is 0 Å². The number of rotatable bonds is 0. The molecule has 1 unspecified atom stereocenters. The maximum absolute atomic E-state index is 13.9. The predicted molar refractivity (Wildman–Crippen MR) is 121 cm³/mol. The standard InChI is InChI=1S/C27H16N2O2/c30-25-18-10-4-3-9-17(18)24-23(25)27(19-11-5-6-12-20(19)29-26(27)31)22-16-8-2-1-7-15(16)13-14-21(22)28-24/h1-14,28H,(H,29,31). The number of hydrogen-bond acceptors (Lipinski definition) is 3. The van der Waals surface area contributed by atoms with Crippen LogP contribution >= 0.6 is 0 Å². The van der Waals surface area contributed by atoms with Crippen molar-refractivity contribution in [3.05, 3.63) is 113 Å². The Bertz CT molecular complexity index is 1530. The lowest BCUT2D eigenvalue weighted by Crippen LogP contribution is -2.43. The average molecular weight is 400 g/mol. The number of para-hydroxylation sites is 1. The van der Waals surface area contributed by atoms with E-state index in [9.17, 15) is 9.59 Å². The summed E-state index contributed by atoms with van der Waals surface area (Å²) in [7, 11) is 0. The fourth-order valence-corrected chi connectivity index (χ4v) is 5.56. The van der Waals surface area contributed by atoms with Gasteiger partial charge in [0, 0.05) is 39.2 Å². The van der Waals surface area contributed by atoms with E-state index >= 15 is 0 Å². The smallest absolute Gasteiger partial charge is 0.244 e. The third-order valence-corrected chi connectivity index (χ3v) is 6.78. The van der Waals surface area contributed by atoms with Crippen molar-refractivity contribution >= 4 is 39.5 Å². The van der Waals surface area contributed by atoms with E-state index in [0.29, 0.717) is 11.1 Å². The van der Waals surface area contributed by atoms with Gasteiger partial charge in [-0.1, -0.05) is 72.8 Å². The van der Waals surface area contributed by atoms with Crippen LogP contribution in [0.3, 0.4) is 0 Å². The van der Waals surface area contributed by atoms with Crippen LogP contribution in [-0.4, -0.2) is 11.7 Å². The van der Waals surface area contributed by atoms with Gasteiger partial charge >= 0.3 is 0 Å². The summed E-state index contributed by atoms with van der Waals surface area (Å²) in [6.07, 6.45) is 0. The molecule has 2 aliphatic heterocycles. The van der Waals surface area contributed by atoms with Gasteiger partial charge in [0.25, 0.3) is 0 Å². The highest BCUT2D eigenvalue weighted by Gasteiger charge is 2.59. The topological polar surface area (TPSA) is 58.2 Å². The molecule has 0 fully saturated rings. The second kappa shape index (κ2) is 5.49. The number of anilines is 2. The monoisotopic (exact) mass is 400 g/mol. The van der Waals surface area contributed by atoms with Gasteiger partial charge in [0.15, 0.2) is 5.78 Å². The molecule has 4 nitrogen and oxygen atoms in total. The number of fused-ring (bicyclic) bond motifs is 9. The first-order valence-electron chi connectivity index (χ1n) is 10.3. The van der Waals surface area contributed by atoms with Crippen molar-refractivity contribution < 1.29 is 9.59 Å². The molecule has 1 atom stereocenters. The minimum absolute atomic E-state index is 0.0939. The molecule has 4 aromatic rings. The Labute approximate surface area is 178 Å². The minimum Gasteiger partial charge on any atom is -0.354 e. The van der Waals surface area contributed by atoms with E-state index < -0.39 is 5.41 Å². The lowest BCUT2D eigenvalue weighted by molar-refractivity contribution is -0.118. The number of hydrogen-bond donors (Lipinski definition) is 2. The van der Waals surface area contributed by atoms with Gasteiger partial charge in [0.2, 0.25) is 5.91 Å². The molecule has 0 aromatic heterocycles. The summed E-state index contributed by atoms with van der Waals surface area (Å²) in [5.74, 6) is -0.273. The van der Waals surface area contributed by atoms with Gasteiger partial charge in [-0.25, -0.2) is 0 Å². The van der Waals surface area contributed by atoms with Gasteiger partial charge in [-0.2, -0.15) is 0 Å². The van der Waals surface area contributed by atoms with E-state index in [0.717, 1.165) is 44.5 Å². The quantitative estimate of drug-likeness (QED) is 0.431. The molecule has 1 amide bonds. The first-order chi connectivity index (χ1) is 15.2. The predicted octanol–water partition coefficient (Wildman–Crippen LogP) is 5.11. The van der Waals surface area contributed by atoms with Crippen molar-refractivity contribution in [3.63, 3.8) is 0 Å². The number of amides is 1. The summed E-state index contributed by atoms with van der Waals surface area (Å²) in [6, 6.07) is 27.4. The molecular formula is C27H16N2O2. The Kier molecular flexibility index (Phi) is 2.94. The highest BCUT2D eigenvalue weighted by Crippen LogP contribution is 2.58. The fraction of sp³-hybridized carbons (Fsp3) is 0.0370. The van der Waals surface area contributed by atoms with Crippen LogP contribution in [0.25, 0.3) is 16.5 Å². The minimum atomic E-state index is -1.20. The summed E-state index contributed by atoms with van der Waals surface area (Å²) >= 11 is 0. The largest absolute Gasteiger partial charge is 0.354 e. The molecule has 0 saturated heterocycles. The molecule has 1 aliphatic carbocycles. The molecule has 4 aromatic carbocycles. The molecular weight excluding hydrogens is 384 g/mol. The highest BCUT2D eigenvalue weighted by molar-refractivity contribution is 6.32. The maximum Gasteiger partial charge on any atom is 0.244 e. The van der Waals surface area contributed by atoms with E-state index in [1.165, 1.54) is 0 Å². The second-order valence-electron chi connectivity index (χ2n) is 8.21. The summed E-state index contributed by atoms with van der Waals surface area (Å²) in [4.78, 5) is 27.7. The molecule has 7 rings (SSSR count). The van der Waals surface area contributed by atoms with Crippen molar-refractivity contribution in [2.24, 2.45) is 0 Å². The Hall–Kier alpha value is -4.18. The van der Waals surface area contributed by atoms with Crippen LogP contribution in [0.5, 0.6) is 0 Å². The molecule has 31 heavy (non-hydrogen) atoms. The normalized spacial score (nSPS) is 20.3. The van der Waals surface area contributed by atoms with Crippen LogP contribution in [0.2, 0.25) is 0 Å². The Morgan fingerprint density at radius 1 is 0.645 bits per heavy atom. The molecule has 2 heterocycles. The van der Waals surface area contributed by atoms with Crippen LogP contribution < -0.4 is 10.6 Å². The van der Waals surface area contributed by atoms with Crippen molar-refractivity contribution in [2.45, 2.75) is 5.41 Å². The van der Waals surface area contributed by atoms with Gasteiger partial charge in [0.1, 0.15) is 5.41 Å². The number of carbonyl (C=O) groups is 2. The van der Waals surface area contributed by atoms with Crippen molar-refractivity contribution in [3.8, 4) is 0 Å². The van der Waals surface area contributed by atoms with Crippen LogP contribution in [-0.2, 0) is 10.2 Å². The molecule has 0 saturated carbocycles. The molecule has 146 valence electrons. The fourth-order valence-electron chi connectivity index (χ4n) is 5.56. The van der Waals surface area contributed by atoms with Gasteiger partial charge < -0.3 is 10.6 Å². The Balaban J connectivity index is 1.70. The lowest BCUT2D eigenvalue weighted by Gasteiger charge is -2.37. The molecule has 3 aliphatic rings. The number of carbonyl (C=O) groups excluding carboxylic acids is 2. The zero-order chi connectivity index (χ0) is 20.7. The van der Waals surface area contributed by atoms with Crippen molar-refractivity contribution in [1.29, 1.82) is 0 Å². The third kappa shape index (κ3) is 1.82. The average Bonchev–Trinajstić information content (AvgIpc) is 3.26. The zero-order valence-electron chi connectivity index (χ0n) is 16.4. The van der Waals surface area contributed by atoms with E-state index in [-0.39, 0.29) is 11.7 Å². The van der Waals surface area contributed by atoms with E-state index in [2.05, 4.69) is 16.7 Å². The molecule has 0 radical (unpaired) electrons. The van der Waals surface area contributed by atoms with Gasteiger partial charge in [-0.05, 0) is 22.9 Å². The first kappa shape index (κ1) is 16.6. The van der Waals surface area contributed by atoms with Gasteiger partial charge in [0.05, 0.1) is 5.70 Å². The maximum atomic E-state index is 13.9. The summed E-state index contributed by atoms with van der Waals surface area (Å²) in [6.45, 7) is 0. The Morgan fingerprint density at radius 2 is 1.39 bits per heavy atom. The summed E-state index contributed by atoms with van der Waals surface area (Å²) in [5.41, 5.74) is 4.80. The zero-order valence-corrected chi connectivity index (χ0v) is 16.4. The first-order valence-corrected chi connectivity index (χ1v) is 10.3. The number of benzene rings is 4. The van der Waals surface area contributed by atoms with Crippen molar-refractivity contribution in [1.82, 2.24) is 0 Å². The molecule has 2 N–H and O–H groups in total.